The van der Waals surface area contributed by atoms with E-state index in [4.69, 9.17) is 5.73 Å². The molecule has 3 heteroatoms. The predicted molar refractivity (Wildman–Crippen MR) is 68.2 cm³/mol. The Balaban J connectivity index is 2.33. The topological polar surface area (TPSA) is 38.0 Å². The molecule has 0 fully saturated rings. The van der Waals surface area contributed by atoms with Crippen LogP contribution in [0.1, 0.15) is 19.4 Å². The van der Waals surface area contributed by atoms with Gasteiger partial charge in [-0.05, 0) is 22.4 Å². The van der Waals surface area contributed by atoms with Gasteiger partial charge < -0.3 is 11.1 Å². The zero-order valence-electron chi connectivity index (χ0n) is 9.08. The lowest BCUT2D eigenvalue weighted by Crippen LogP contribution is -2.21. The third kappa shape index (κ3) is 2.13. The fourth-order valence-corrected chi connectivity index (χ4v) is 2.58. The fraction of sp³-hybridized carbons (Fsp3) is 0.333. The second kappa shape index (κ2) is 4.21. The number of hydrogen-bond acceptors (Lipinski definition) is 3. The lowest BCUT2D eigenvalue weighted by molar-refractivity contribution is 0.591. The number of nitrogen functional groups attached to an aromatic ring is 1. The zero-order valence-corrected chi connectivity index (χ0v) is 9.90. The number of anilines is 1. The highest BCUT2D eigenvalue weighted by Gasteiger charge is 2.05. The van der Waals surface area contributed by atoms with Gasteiger partial charge in [-0.3, -0.25) is 0 Å². The molecule has 2 aromatic rings. The van der Waals surface area contributed by atoms with Crippen LogP contribution in [-0.4, -0.2) is 6.04 Å². The van der Waals surface area contributed by atoms with Gasteiger partial charge >= 0.3 is 0 Å². The first-order chi connectivity index (χ1) is 7.18. The van der Waals surface area contributed by atoms with Gasteiger partial charge in [0, 0.05) is 18.3 Å². The predicted octanol–water partition coefficient (Wildman–Crippen LogP) is 2.98. The van der Waals surface area contributed by atoms with E-state index in [0.29, 0.717) is 6.04 Å². The van der Waals surface area contributed by atoms with Gasteiger partial charge in [-0.2, -0.15) is 0 Å². The zero-order chi connectivity index (χ0) is 10.8. The van der Waals surface area contributed by atoms with Crippen LogP contribution in [0.4, 0.5) is 5.69 Å². The Bertz CT molecular complexity index is 460. The van der Waals surface area contributed by atoms with Crippen molar-refractivity contribution in [3.8, 4) is 0 Å². The van der Waals surface area contributed by atoms with Crippen molar-refractivity contribution >= 4 is 27.1 Å². The Kier molecular flexibility index (Phi) is 2.93. The average molecular weight is 220 g/mol. The molecule has 0 aliphatic carbocycles. The largest absolute Gasteiger partial charge is 0.398 e. The molecule has 1 heterocycles. The first kappa shape index (κ1) is 10.5. The minimum Gasteiger partial charge on any atom is -0.398 e. The lowest BCUT2D eigenvalue weighted by Gasteiger charge is -2.06. The Morgan fingerprint density at radius 2 is 2.20 bits per heavy atom. The van der Waals surface area contributed by atoms with Crippen molar-refractivity contribution in [2.75, 3.05) is 5.73 Å². The van der Waals surface area contributed by atoms with Crippen LogP contribution in [0.15, 0.2) is 23.6 Å². The summed E-state index contributed by atoms with van der Waals surface area (Å²) in [6.45, 7) is 5.23. The summed E-state index contributed by atoms with van der Waals surface area (Å²) in [6, 6.07) is 6.63. The Morgan fingerprint density at radius 3 is 2.93 bits per heavy atom. The summed E-state index contributed by atoms with van der Waals surface area (Å²) in [5.74, 6) is 0. The smallest absolute Gasteiger partial charge is 0.0575 e. The third-order valence-electron chi connectivity index (χ3n) is 2.41. The van der Waals surface area contributed by atoms with Crippen LogP contribution in [-0.2, 0) is 6.54 Å². The maximum absolute atomic E-state index is 5.92. The maximum atomic E-state index is 5.92. The summed E-state index contributed by atoms with van der Waals surface area (Å²) >= 11 is 1.73. The molecule has 0 aliphatic heterocycles. The quantitative estimate of drug-likeness (QED) is 0.780. The third-order valence-corrected chi connectivity index (χ3v) is 3.50. The van der Waals surface area contributed by atoms with E-state index in [9.17, 15) is 0 Å². The lowest BCUT2D eigenvalue weighted by atomic mass is 10.1. The molecule has 0 saturated carbocycles. The van der Waals surface area contributed by atoms with E-state index in [1.165, 1.54) is 15.6 Å². The van der Waals surface area contributed by atoms with Gasteiger partial charge in [0.15, 0.2) is 0 Å². The van der Waals surface area contributed by atoms with Crippen LogP contribution in [0.3, 0.4) is 0 Å². The molecule has 0 bridgehead atoms. The molecule has 0 atom stereocenters. The van der Waals surface area contributed by atoms with Crippen LogP contribution in [0.2, 0.25) is 0 Å². The highest BCUT2D eigenvalue weighted by atomic mass is 32.1. The summed E-state index contributed by atoms with van der Waals surface area (Å²) in [5.41, 5.74) is 8.14. The Morgan fingerprint density at radius 1 is 1.40 bits per heavy atom. The second-order valence-electron chi connectivity index (χ2n) is 4.02. The number of nitrogens with one attached hydrogen (secondary N) is 1. The van der Waals surface area contributed by atoms with E-state index in [1.54, 1.807) is 11.3 Å². The SMILES string of the molecule is CC(C)NCc1csc2c(N)cccc12. The van der Waals surface area contributed by atoms with Crippen molar-refractivity contribution < 1.29 is 0 Å². The van der Waals surface area contributed by atoms with E-state index < -0.39 is 0 Å². The highest BCUT2D eigenvalue weighted by molar-refractivity contribution is 7.18. The monoisotopic (exact) mass is 220 g/mol. The molecule has 80 valence electrons. The molecule has 2 rings (SSSR count). The number of rotatable bonds is 3. The summed E-state index contributed by atoms with van der Waals surface area (Å²) in [6.07, 6.45) is 0. The van der Waals surface area contributed by atoms with Crippen molar-refractivity contribution in [2.24, 2.45) is 0 Å². The van der Waals surface area contributed by atoms with E-state index in [0.717, 1.165) is 12.2 Å². The number of benzene rings is 1. The summed E-state index contributed by atoms with van der Waals surface area (Å²) < 4.78 is 1.21. The summed E-state index contributed by atoms with van der Waals surface area (Å²) in [4.78, 5) is 0. The Hall–Kier alpha value is -1.06. The van der Waals surface area contributed by atoms with Gasteiger partial charge in [0.1, 0.15) is 0 Å². The van der Waals surface area contributed by atoms with E-state index in [2.05, 4.69) is 30.6 Å². The average Bonchev–Trinajstić information content (AvgIpc) is 2.59. The van der Waals surface area contributed by atoms with Crippen LogP contribution in [0, 0.1) is 0 Å². The molecule has 0 radical (unpaired) electrons. The van der Waals surface area contributed by atoms with Gasteiger partial charge in [-0.25, -0.2) is 0 Å². The van der Waals surface area contributed by atoms with E-state index in [-0.39, 0.29) is 0 Å². The van der Waals surface area contributed by atoms with Gasteiger partial charge in [0.2, 0.25) is 0 Å². The van der Waals surface area contributed by atoms with Crippen LogP contribution in [0.5, 0.6) is 0 Å². The fourth-order valence-electron chi connectivity index (χ4n) is 1.58. The second-order valence-corrected chi connectivity index (χ2v) is 4.90. The van der Waals surface area contributed by atoms with Crippen molar-refractivity contribution in [1.29, 1.82) is 0 Å². The molecule has 0 spiro atoms. The molecule has 0 saturated heterocycles. The molecule has 3 N–H and O–H groups in total. The standard InChI is InChI=1S/C12H16N2S/c1-8(2)14-6-9-7-15-12-10(9)4-3-5-11(12)13/h3-5,7-8,14H,6,13H2,1-2H3. The van der Waals surface area contributed by atoms with Crippen molar-refractivity contribution in [2.45, 2.75) is 26.4 Å². The van der Waals surface area contributed by atoms with E-state index in [1.807, 2.05) is 12.1 Å². The molecular weight excluding hydrogens is 204 g/mol. The summed E-state index contributed by atoms with van der Waals surface area (Å²) in [5, 5.41) is 6.90. The first-order valence-electron chi connectivity index (χ1n) is 5.16. The van der Waals surface area contributed by atoms with Gasteiger partial charge in [0.25, 0.3) is 0 Å². The minimum absolute atomic E-state index is 0.515. The number of thiophene rings is 1. The van der Waals surface area contributed by atoms with Crippen LogP contribution < -0.4 is 11.1 Å². The van der Waals surface area contributed by atoms with Gasteiger partial charge in [-0.15, -0.1) is 11.3 Å². The molecular formula is C12H16N2S. The molecule has 1 aromatic carbocycles. The summed E-state index contributed by atoms with van der Waals surface area (Å²) in [7, 11) is 0. The van der Waals surface area contributed by atoms with Gasteiger partial charge in [0.05, 0.1) is 4.70 Å². The molecule has 2 nitrogen and oxygen atoms in total. The number of hydrogen-bond donors (Lipinski definition) is 2. The van der Waals surface area contributed by atoms with Crippen LogP contribution >= 0.6 is 11.3 Å². The van der Waals surface area contributed by atoms with E-state index >= 15 is 0 Å². The molecule has 15 heavy (non-hydrogen) atoms. The maximum Gasteiger partial charge on any atom is 0.0575 e. The van der Waals surface area contributed by atoms with Crippen molar-refractivity contribution in [3.63, 3.8) is 0 Å². The Labute approximate surface area is 94.1 Å². The normalized spacial score (nSPS) is 11.4. The molecule has 0 amide bonds. The van der Waals surface area contributed by atoms with Gasteiger partial charge in [-0.1, -0.05) is 26.0 Å². The molecule has 0 aliphatic rings. The molecule has 0 unspecified atom stereocenters. The number of nitrogens with two attached hydrogens (primary N) is 1. The van der Waals surface area contributed by atoms with Crippen LogP contribution in [0.25, 0.3) is 10.1 Å². The minimum atomic E-state index is 0.515. The van der Waals surface area contributed by atoms with Crippen molar-refractivity contribution in [3.05, 3.63) is 29.1 Å². The highest BCUT2D eigenvalue weighted by Crippen LogP contribution is 2.30. The first-order valence-corrected chi connectivity index (χ1v) is 6.04. The number of fused-ring (bicyclic) bond motifs is 1. The molecule has 1 aromatic heterocycles. The van der Waals surface area contributed by atoms with Crippen molar-refractivity contribution in [1.82, 2.24) is 5.32 Å².